The molecule has 1 unspecified atom stereocenters. The predicted octanol–water partition coefficient (Wildman–Crippen LogP) is 1.58. The van der Waals surface area contributed by atoms with E-state index in [-0.39, 0.29) is 129 Å². The largest absolute Gasteiger partial charge is 0.481 e. The molecule has 7 N–H and O–H groups in total. The minimum absolute atomic E-state index is 0.0269. The summed E-state index contributed by atoms with van der Waals surface area (Å²) in [6, 6.07) is -1.99. The van der Waals surface area contributed by atoms with E-state index in [0.29, 0.717) is 124 Å². The fraction of sp³-hybridized carbons (Fsp3) is 0.863. The highest BCUT2D eigenvalue weighted by molar-refractivity contribution is 5.92. The molecule has 0 aliphatic heterocycles. The summed E-state index contributed by atoms with van der Waals surface area (Å²) in [5, 5.41) is 25.6. The van der Waals surface area contributed by atoms with Gasteiger partial charge in [-0.15, -0.1) is 0 Å². The summed E-state index contributed by atoms with van der Waals surface area (Å²) in [6.45, 7) is 14.5. The number of rotatable bonds is 57. The summed E-state index contributed by atoms with van der Waals surface area (Å²) in [6.07, 6.45) is 5.98. The van der Waals surface area contributed by atoms with E-state index < -0.39 is 35.8 Å². The number of carbonyl (C=O) groups excluding carboxylic acids is 6. The van der Waals surface area contributed by atoms with Crippen molar-refractivity contribution in [3.05, 3.63) is 0 Å². The molecule has 0 saturated carbocycles. The van der Waals surface area contributed by atoms with E-state index in [1.54, 1.807) is 0 Å². The van der Waals surface area contributed by atoms with Crippen LogP contribution in [0.1, 0.15) is 117 Å². The van der Waals surface area contributed by atoms with Gasteiger partial charge in [-0.3, -0.25) is 33.6 Å². The van der Waals surface area contributed by atoms with E-state index in [0.717, 1.165) is 19.3 Å². The lowest BCUT2D eigenvalue weighted by Crippen LogP contribution is -2.54. The van der Waals surface area contributed by atoms with Crippen molar-refractivity contribution in [1.82, 2.24) is 31.9 Å². The van der Waals surface area contributed by atoms with Crippen molar-refractivity contribution in [3.8, 4) is 0 Å². The molecular formula is C51H96N6O18. The Morgan fingerprint density at radius 2 is 0.653 bits per heavy atom. The normalized spacial score (nSPS) is 11.9. The van der Waals surface area contributed by atoms with E-state index in [1.807, 2.05) is 20.8 Å². The molecule has 0 radical (unpaired) electrons. The highest BCUT2D eigenvalue weighted by Crippen LogP contribution is 2.07. The Bertz CT molecular complexity index is 1440. The average molecular weight is 1080 g/mol. The Morgan fingerprint density at radius 1 is 0.320 bits per heavy atom. The fourth-order valence-corrected chi connectivity index (χ4v) is 6.41. The first-order chi connectivity index (χ1) is 36.5. The molecule has 2 atom stereocenters. The van der Waals surface area contributed by atoms with Crippen molar-refractivity contribution in [1.29, 1.82) is 0 Å². The average Bonchev–Trinajstić information content (AvgIpc) is 3.39. The summed E-state index contributed by atoms with van der Waals surface area (Å²) in [5.41, 5.74) is 0. The summed E-state index contributed by atoms with van der Waals surface area (Å²) < 4.78 is 54.2. The molecular weight excluding hydrogens is 985 g/mol. The predicted molar refractivity (Wildman–Crippen MR) is 278 cm³/mol. The lowest BCUT2D eigenvalue weighted by atomic mass is 10.0. The second-order valence-corrected chi connectivity index (χ2v) is 17.1. The Balaban J connectivity index is 5.40. The van der Waals surface area contributed by atoms with Crippen molar-refractivity contribution >= 4 is 41.4 Å². The van der Waals surface area contributed by atoms with Crippen molar-refractivity contribution in [3.63, 3.8) is 0 Å². The van der Waals surface area contributed by atoms with Crippen LogP contribution in [-0.4, -0.2) is 217 Å². The number of ether oxygens (including phenoxy) is 10. The molecule has 75 heavy (non-hydrogen) atoms. The third-order valence-corrected chi connectivity index (χ3v) is 10.4. The molecule has 0 aliphatic rings. The van der Waals surface area contributed by atoms with Crippen LogP contribution in [0.15, 0.2) is 0 Å². The number of hydrogen-bond acceptors (Lipinski definition) is 17. The number of aliphatic carboxylic acids is 1. The van der Waals surface area contributed by atoms with Gasteiger partial charge in [0.05, 0.1) is 119 Å². The molecule has 24 nitrogen and oxygen atoms in total. The first-order valence-electron chi connectivity index (χ1n) is 27.2. The van der Waals surface area contributed by atoms with Gasteiger partial charge in [-0.25, -0.2) is 0 Å². The standard InChI is InChI=1S/C51H96N6O18/c1-4-23-66-31-34-69-26-15-45(58)52-19-9-7-12-43(50(64)55-22-30-73-38-40-75-42-41-74-39-37-72-29-18-49(62)63)57-51(65)44(13-8-10-20-53-46(59)16-27-70-35-32-67-24-5-2)56-48(61)14-11-21-54-47(60)17-28-71-36-33-68-25-6-3/h43-44H,4-42H2,1-3H3,(H,52,58)(H,53,59)(H,54,60)(H,55,64)(H,56,61)(H,57,65)(H,62,63)/t43?,44-/m0/s1. The van der Waals surface area contributed by atoms with Gasteiger partial charge in [0.2, 0.25) is 35.4 Å². The maximum atomic E-state index is 14.0. The maximum Gasteiger partial charge on any atom is 0.305 e. The smallest absolute Gasteiger partial charge is 0.305 e. The molecule has 0 aromatic carbocycles. The SMILES string of the molecule is CCCOCCOCCC(=O)NCCCCC(NC(=O)[C@H](CCCCNC(=O)CCOCCOCCC)NC(=O)CCCNC(=O)CCOCCOCCC)C(=O)NCCOCCOCCOCCOCCC(=O)O. The van der Waals surface area contributed by atoms with Crippen LogP contribution >= 0.6 is 0 Å². The van der Waals surface area contributed by atoms with Crippen LogP contribution in [0.5, 0.6) is 0 Å². The van der Waals surface area contributed by atoms with Gasteiger partial charge < -0.3 is 84.4 Å². The van der Waals surface area contributed by atoms with Gasteiger partial charge in [-0.2, -0.15) is 0 Å². The van der Waals surface area contributed by atoms with Crippen LogP contribution in [0.2, 0.25) is 0 Å². The molecule has 0 aromatic heterocycles. The van der Waals surface area contributed by atoms with Crippen molar-refractivity contribution in [2.24, 2.45) is 0 Å². The lowest BCUT2D eigenvalue weighted by Gasteiger charge is -2.23. The molecule has 0 aromatic rings. The summed E-state index contributed by atoms with van der Waals surface area (Å²) >= 11 is 0. The molecule has 0 heterocycles. The molecule has 6 amide bonds. The Kier molecular flexibility index (Phi) is 51.7. The van der Waals surface area contributed by atoms with Crippen LogP contribution < -0.4 is 31.9 Å². The maximum absolute atomic E-state index is 14.0. The topological polar surface area (TPSA) is 304 Å². The molecule has 0 saturated heterocycles. The van der Waals surface area contributed by atoms with Crippen molar-refractivity contribution in [2.45, 2.75) is 129 Å². The zero-order valence-corrected chi connectivity index (χ0v) is 45.6. The van der Waals surface area contributed by atoms with E-state index in [9.17, 15) is 33.6 Å². The third-order valence-electron chi connectivity index (χ3n) is 10.4. The van der Waals surface area contributed by atoms with E-state index in [4.69, 9.17) is 52.5 Å². The molecule has 0 fully saturated rings. The minimum atomic E-state index is -1.01. The Labute approximate surface area is 445 Å². The Hall–Kier alpha value is -4.11. The van der Waals surface area contributed by atoms with Crippen molar-refractivity contribution < 1.29 is 86.0 Å². The minimum Gasteiger partial charge on any atom is -0.481 e. The zero-order chi connectivity index (χ0) is 55.1. The van der Waals surface area contributed by atoms with Gasteiger partial charge in [0.25, 0.3) is 0 Å². The first-order valence-corrected chi connectivity index (χ1v) is 27.2. The summed E-state index contributed by atoms with van der Waals surface area (Å²) in [7, 11) is 0. The second-order valence-electron chi connectivity index (χ2n) is 17.1. The van der Waals surface area contributed by atoms with Crippen LogP contribution in [0.3, 0.4) is 0 Å². The Morgan fingerprint density at radius 3 is 1.04 bits per heavy atom. The number of carboxylic acid groups (broad SMARTS) is 1. The van der Waals surface area contributed by atoms with Crippen LogP contribution in [0, 0.1) is 0 Å². The van der Waals surface area contributed by atoms with E-state index in [1.165, 1.54) is 0 Å². The number of unbranched alkanes of at least 4 members (excludes halogenated alkanes) is 2. The second kappa shape index (κ2) is 54.7. The van der Waals surface area contributed by atoms with Gasteiger partial charge >= 0.3 is 5.97 Å². The number of hydrogen-bond donors (Lipinski definition) is 7. The number of nitrogens with one attached hydrogen (secondary N) is 6. The quantitative estimate of drug-likeness (QED) is 0.0426. The number of amides is 6. The summed E-state index contributed by atoms with van der Waals surface area (Å²) in [5.74, 6) is -2.90. The van der Waals surface area contributed by atoms with Gasteiger partial charge in [0.15, 0.2) is 0 Å². The van der Waals surface area contributed by atoms with Crippen LogP contribution in [0.25, 0.3) is 0 Å². The number of carboxylic acids is 1. The van der Waals surface area contributed by atoms with E-state index in [2.05, 4.69) is 31.9 Å². The van der Waals surface area contributed by atoms with Crippen LogP contribution in [0.4, 0.5) is 0 Å². The molecule has 0 bridgehead atoms. The first kappa shape index (κ1) is 70.9. The highest BCUT2D eigenvalue weighted by Gasteiger charge is 2.26. The number of carbonyl (C=O) groups is 7. The zero-order valence-electron chi connectivity index (χ0n) is 45.6. The van der Waals surface area contributed by atoms with Crippen molar-refractivity contribution in [2.75, 3.05) is 158 Å². The fourth-order valence-electron chi connectivity index (χ4n) is 6.41. The van der Waals surface area contributed by atoms with Gasteiger partial charge in [-0.05, 0) is 64.2 Å². The monoisotopic (exact) mass is 1080 g/mol. The summed E-state index contributed by atoms with van der Waals surface area (Å²) in [4.78, 5) is 88.5. The lowest BCUT2D eigenvalue weighted by molar-refractivity contribution is -0.138. The van der Waals surface area contributed by atoms with Gasteiger partial charge in [-0.1, -0.05) is 20.8 Å². The van der Waals surface area contributed by atoms with Gasteiger partial charge in [0.1, 0.15) is 12.1 Å². The molecule has 24 heteroatoms. The molecule has 0 rings (SSSR count). The third kappa shape index (κ3) is 50.5. The molecule has 438 valence electrons. The molecule has 0 aliphatic carbocycles. The van der Waals surface area contributed by atoms with Crippen LogP contribution in [-0.2, 0) is 80.9 Å². The van der Waals surface area contributed by atoms with Gasteiger partial charge in [0, 0.05) is 71.7 Å². The highest BCUT2D eigenvalue weighted by atomic mass is 16.6. The van der Waals surface area contributed by atoms with E-state index >= 15 is 0 Å². The molecule has 0 spiro atoms.